The van der Waals surface area contributed by atoms with Crippen LogP contribution in [-0.4, -0.2) is 10.9 Å². The number of aryl methyl sites for hydroxylation is 2. The number of benzene rings is 1. The molecule has 0 radical (unpaired) electrons. The molecular formula is C12H13FN4OS. The molecule has 1 aromatic heterocycles. The van der Waals surface area contributed by atoms with Gasteiger partial charge in [0, 0.05) is 10.6 Å². The Morgan fingerprint density at radius 2 is 2.11 bits per heavy atom. The Morgan fingerprint density at radius 3 is 2.63 bits per heavy atom. The van der Waals surface area contributed by atoms with Gasteiger partial charge < -0.3 is 16.8 Å². The first kappa shape index (κ1) is 13.3. The third-order valence-corrected chi connectivity index (χ3v) is 3.66. The molecule has 5 nitrogen and oxygen atoms in total. The molecule has 0 aliphatic carbocycles. The fraction of sp³-hybridized carbons (Fsp3) is 0.167. The van der Waals surface area contributed by atoms with Crippen LogP contribution in [0.25, 0.3) is 0 Å². The van der Waals surface area contributed by atoms with E-state index >= 15 is 0 Å². The molecule has 1 aromatic carbocycles. The molecule has 0 bridgehead atoms. The van der Waals surface area contributed by atoms with E-state index in [9.17, 15) is 9.18 Å². The molecule has 0 atom stereocenters. The predicted molar refractivity (Wildman–Crippen MR) is 74.2 cm³/mol. The van der Waals surface area contributed by atoms with Crippen molar-refractivity contribution in [2.24, 2.45) is 5.73 Å². The third kappa shape index (κ3) is 2.65. The van der Waals surface area contributed by atoms with Crippen LogP contribution >= 0.6 is 11.3 Å². The quantitative estimate of drug-likeness (QED) is 0.752. The largest absolute Gasteiger partial charge is 0.398 e. The van der Waals surface area contributed by atoms with E-state index in [1.165, 1.54) is 17.4 Å². The lowest BCUT2D eigenvalue weighted by Crippen LogP contribution is -2.14. The highest BCUT2D eigenvalue weighted by atomic mass is 32.1. The van der Waals surface area contributed by atoms with Gasteiger partial charge in [0.05, 0.1) is 16.9 Å². The number of aromatic nitrogens is 1. The van der Waals surface area contributed by atoms with Gasteiger partial charge in [-0.2, -0.15) is 0 Å². The molecule has 0 saturated heterocycles. The smallest absolute Gasteiger partial charge is 0.250 e. The molecule has 2 rings (SSSR count). The lowest BCUT2D eigenvalue weighted by molar-refractivity contribution is 0.100. The topological polar surface area (TPSA) is 94.0 Å². The second-order valence-electron chi connectivity index (χ2n) is 4.07. The Labute approximate surface area is 113 Å². The number of carbonyl (C=O) groups is 1. The second kappa shape index (κ2) is 4.85. The van der Waals surface area contributed by atoms with Gasteiger partial charge in [0.1, 0.15) is 5.82 Å². The number of anilines is 3. The van der Waals surface area contributed by atoms with Crippen LogP contribution in [-0.2, 0) is 0 Å². The van der Waals surface area contributed by atoms with Crippen LogP contribution in [0.5, 0.6) is 0 Å². The molecule has 0 saturated carbocycles. The Kier molecular flexibility index (Phi) is 3.39. The first-order valence-electron chi connectivity index (χ1n) is 5.48. The highest BCUT2D eigenvalue weighted by Crippen LogP contribution is 2.28. The van der Waals surface area contributed by atoms with Crippen molar-refractivity contribution in [3.63, 3.8) is 0 Å². The molecule has 1 amide bonds. The number of hydrogen-bond acceptors (Lipinski definition) is 5. The molecule has 100 valence electrons. The summed E-state index contributed by atoms with van der Waals surface area (Å²) in [5, 5.41) is 3.38. The number of hydrogen-bond donors (Lipinski definition) is 3. The number of nitrogen functional groups attached to an aromatic ring is 1. The zero-order chi connectivity index (χ0) is 14.2. The van der Waals surface area contributed by atoms with E-state index in [1.807, 2.05) is 13.8 Å². The summed E-state index contributed by atoms with van der Waals surface area (Å²) in [4.78, 5) is 16.4. The van der Waals surface area contributed by atoms with Crippen molar-refractivity contribution in [2.75, 3.05) is 11.1 Å². The van der Waals surface area contributed by atoms with E-state index in [-0.39, 0.29) is 16.9 Å². The number of nitrogens with zero attached hydrogens (tertiary/aromatic N) is 1. The SMILES string of the molecule is Cc1nc(Nc2cc(C(N)=O)c(N)cc2F)sc1C. The minimum atomic E-state index is -0.702. The standard InChI is InChI=1S/C12H13FN4OS/c1-5-6(2)19-12(16-5)17-10-3-7(11(15)18)9(14)4-8(10)13/h3-4H,14H2,1-2H3,(H2,15,18)(H,16,17). The fourth-order valence-corrected chi connectivity index (χ4v) is 2.37. The monoisotopic (exact) mass is 280 g/mol. The number of primary amides is 1. The van der Waals surface area contributed by atoms with Crippen molar-refractivity contribution in [2.45, 2.75) is 13.8 Å². The maximum Gasteiger partial charge on any atom is 0.250 e. The second-order valence-corrected chi connectivity index (χ2v) is 5.27. The summed E-state index contributed by atoms with van der Waals surface area (Å²) in [7, 11) is 0. The molecule has 7 heteroatoms. The number of nitrogens with one attached hydrogen (secondary N) is 1. The first-order chi connectivity index (χ1) is 8.88. The van der Waals surface area contributed by atoms with Crippen molar-refractivity contribution in [3.05, 3.63) is 34.1 Å². The Hall–Kier alpha value is -2.15. The van der Waals surface area contributed by atoms with Crippen molar-refractivity contribution in [1.82, 2.24) is 4.98 Å². The van der Waals surface area contributed by atoms with Crippen LogP contribution in [0.4, 0.5) is 20.9 Å². The van der Waals surface area contributed by atoms with Gasteiger partial charge in [0.15, 0.2) is 5.13 Å². The summed E-state index contributed by atoms with van der Waals surface area (Å²) >= 11 is 1.40. The van der Waals surface area contributed by atoms with Gasteiger partial charge in [0.25, 0.3) is 5.91 Å². The molecule has 0 spiro atoms. The zero-order valence-corrected chi connectivity index (χ0v) is 11.3. The molecule has 0 aliphatic heterocycles. The van der Waals surface area contributed by atoms with Crippen molar-refractivity contribution < 1.29 is 9.18 Å². The van der Waals surface area contributed by atoms with Gasteiger partial charge in [-0.1, -0.05) is 0 Å². The number of amides is 1. The number of halogens is 1. The van der Waals surface area contributed by atoms with Crippen molar-refractivity contribution in [1.29, 1.82) is 0 Å². The number of rotatable bonds is 3. The van der Waals surface area contributed by atoms with Gasteiger partial charge in [-0.3, -0.25) is 4.79 Å². The summed E-state index contributed by atoms with van der Waals surface area (Å²) in [6.07, 6.45) is 0. The van der Waals surface area contributed by atoms with Gasteiger partial charge >= 0.3 is 0 Å². The van der Waals surface area contributed by atoms with Gasteiger partial charge in [0.2, 0.25) is 0 Å². The summed E-state index contributed by atoms with van der Waals surface area (Å²) in [6, 6.07) is 2.36. The molecule has 2 aromatic rings. The molecule has 0 aliphatic rings. The highest BCUT2D eigenvalue weighted by molar-refractivity contribution is 7.15. The zero-order valence-electron chi connectivity index (χ0n) is 10.5. The van der Waals surface area contributed by atoms with Gasteiger partial charge in [-0.15, -0.1) is 11.3 Å². The van der Waals surface area contributed by atoms with E-state index < -0.39 is 11.7 Å². The Bertz CT molecular complexity index is 634. The summed E-state index contributed by atoms with van der Waals surface area (Å²) in [5.41, 5.74) is 11.8. The number of nitrogens with two attached hydrogens (primary N) is 2. The van der Waals surface area contributed by atoms with E-state index in [0.717, 1.165) is 16.6 Å². The van der Waals surface area contributed by atoms with Crippen molar-refractivity contribution in [3.8, 4) is 0 Å². The highest BCUT2D eigenvalue weighted by Gasteiger charge is 2.13. The number of thiazole rings is 1. The molecule has 19 heavy (non-hydrogen) atoms. The molecule has 0 unspecified atom stereocenters. The average Bonchev–Trinajstić information content (AvgIpc) is 2.61. The Morgan fingerprint density at radius 1 is 1.42 bits per heavy atom. The predicted octanol–water partition coefficient (Wildman–Crippen LogP) is 2.32. The van der Waals surface area contributed by atoms with Crippen LogP contribution in [0, 0.1) is 19.7 Å². The van der Waals surface area contributed by atoms with Crippen LogP contribution < -0.4 is 16.8 Å². The van der Waals surface area contributed by atoms with Crippen LogP contribution in [0.2, 0.25) is 0 Å². The van der Waals surface area contributed by atoms with Crippen molar-refractivity contribution >= 4 is 33.8 Å². The van der Waals surface area contributed by atoms with Gasteiger partial charge in [-0.05, 0) is 26.0 Å². The molecule has 1 heterocycles. The maximum absolute atomic E-state index is 13.8. The van der Waals surface area contributed by atoms with Crippen LogP contribution in [0.3, 0.4) is 0 Å². The molecular weight excluding hydrogens is 267 g/mol. The van der Waals surface area contributed by atoms with E-state index in [0.29, 0.717) is 5.13 Å². The van der Waals surface area contributed by atoms with Crippen LogP contribution in [0.15, 0.2) is 12.1 Å². The lowest BCUT2D eigenvalue weighted by Gasteiger charge is -2.08. The minimum Gasteiger partial charge on any atom is -0.398 e. The fourth-order valence-electron chi connectivity index (χ4n) is 1.54. The van der Waals surface area contributed by atoms with E-state index in [4.69, 9.17) is 11.5 Å². The lowest BCUT2D eigenvalue weighted by atomic mass is 10.1. The third-order valence-electron chi connectivity index (χ3n) is 2.67. The normalized spacial score (nSPS) is 10.5. The maximum atomic E-state index is 13.8. The van der Waals surface area contributed by atoms with Crippen LogP contribution in [0.1, 0.15) is 20.9 Å². The minimum absolute atomic E-state index is 0.0158. The number of carbonyl (C=O) groups excluding carboxylic acids is 1. The molecule has 5 N–H and O–H groups in total. The van der Waals surface area contributed by atoms with Gasteiger partial charge in [-0.25, -0.2) is 9.37 Å². The van der Waals surface area contributed by atoms with E-state index in [1.54, 1.807) is 0 Å². The molecule has 0 fully saturated rings. The summed E-state index contributed by atoms with van der Waals surface area (Å²) < 4.78 is 13.8. The first-order valence-corrected chi connectivity index (χ1v) is 6.30. The van der Waals surface area contributed by atoms with E-state index in [2.05, 4.69) is 10.3 Å². The summed E-state index contributed by atoms with van der Waals surface area (Å²) in [5.74, 6) is -1.26. The summed E-state index contributed by atoms with van der Waals surface area (Å²) in [6.45, 7) is 3.79. The average molecular weight is 280 g/mol. The Balaban J connectivity index is 2.39.